The van der Waals surface area contributed by atoms with Crippen LogP contribution in [-0.2, 0) is 11.2 Å². The Morgan fingerprint density at radius 1 is 1.16 bits per heavy atom. The maximum absolute atomic E-state index is 11.8. The summed E-state index contributed by atoms with van der Waals surface area (Å²) in [7, 11) is 1.75. The highest BCUT2D eigenvalue weighted by atomic mass is 16.7. The van der Waals surface area contributed by atoms with Crippen molar-refractivity contribution in [3.8, 4) is 11.5 Å². The number of carbonyl (C=O) groups excluding carboxylic acids is 1. The van der Waals surface area contributed by atoms with Gasteiger partial charge in [0.1, 0.15) is 0 Å². The number of amides is 1. The van der Waals surface area contributed by atoms with Crippen LogP contribution in [0.2, 0.25) is 0 Å². The molecule has 1 unspecified atom stereocenters. The molecule has 0 N–H and O–H groups in total. The van der Waals surface area contributed by atoms with Gasteiger partial charge in [-0.1, -0.05) is 40.2 Å². The van der Waals surface area contributed by atoms with Gasteiger partial charge in [0, 0.05) is 13.1 Å². The van der Waals surface area contributed by atoms with Crippen LogP contribution in [0.5, 0.6) is 11.5 Å². The highest BCUT2D eigenvalue weighted by Gasteiger charge is 2.20. The second-order valence-corrected chi connectivity index (χ2v) is 5.99. The average molecular weight is 354 g/mol. The molecule has 1 aromatic rings. The standard InChI is InChI=1S/C15H21NO4.C3H8.C2H6/c1-10(2)20-15(17)16(4)11(3)7-12-5-6-13-14(8-12)19-9-18-13;1-3-2;1-2/h5-6,8,10-11H,7,9H2,1-4H3;3H2,1-2H3;1-2H3. The molecule has 1 aliphatic rings. The smallest absolute Gasteiger partial charge is 0.410 e. The number of fused-ring (bicyclic) bond motifs is 1. The van der Waals surface area contributed by atoms with Crippen LogP contribution in [0.15, 0.2) is 18.2 Å². The molecule has 0 aromatic heterocycles. The van der Waals surface area contributed by atoms with Crippen LogP contribution in [0.1, 0.15) is 60.5 Å². The lowest BCUT2D eigenvalue weighted by atomic mass is 10.1. The van der Waals surface area contributed by atoms with Gasteiger partial charge in [-0.25, -0.2) is 4.79 Å². The van der Waals surface area contributed by atoms with Crippen LogP contribution in [0.25, 0.3) is 0 Å². The third kappa shape index (κ3) is 8.14. The summed E-state index contributed by atoms with van der Waals surface area (Å²) in [6.07, 6.45) is 1.58. The van der Waals surface area contributed by atoms with Crippen molar-refractivity contribution in [2.45, 2.75) is 73.5 Å². The summed E-state index contributed by atoms with van der Waals surface area (Å²) < 4.78 is 15.8. The number of nitrogens with zero attached hydrogens (tertiary/aromatic N) is 1. The Labute approximate surface area is 153 Å². The van der Waals surface area contributed by atoms with E-state index in [9.17, 15) is 4.79 Å². The third-order valence-electron chi connectivity index (χ3n) is 3.25. The SMILES string of the molecule is CC.CC(C)OC(=O)N(C)C(C)Cc1ccc2c(c1)OCO2.CCC. The quantitative estimate of drug-likeness (QED) is 0.740. The maximum Gasteiger partial charge on any atom is 0.410 e. The normalized spacial score (nSPS) is 12.4. The van der Waals surface area contributed by atoms with Gasteiger partial charge in [-0.15, -0.1) is 0 Å². The van der Waals surface area contributed by atoms with E-state index in [2.05, 4.69) is 13.8 Å². The van der Waals surface area contributed by atoms with Gasteiger partial charge >= 0.3 is 6.09 Å². The van der Waals surface area contributed by atoms with E-state index in [1.54, 1.807) is 11.9 Å². The van der Waals surface area contributed by atoms with E-state index < -0.39 is 0 Å². The van der Waals surface area contributed by atoms with E-state index >= 15 is 0 Å². The van der Waals surface area contributed by atoms with Gasteiger partial charge in [-0.05, 0) is 44.9 Å². The molecule has 1 aromatic carbocycles. The summed E-state index contributed by atoms with van der Waals surface area (Å²) in [5.74, 6) is 1.54. The first-order valence-electron chi connectivity index (χ1n) is 9.20. The first-order valence-corrected chi connectivity index (χ1v) is 9.20. The molecule has 5 nitrogen and oxygen atoms in total. The van der Waals surface area contributed by atoms with Gasteiger partial charge < -0.3 is 19.1 Å². The number of hydrogen-bond acceptors (Lipinski definition) is 4. The molecular formula is C20H35NO4. The zero-order chi connectivity index (χ0) is 19.4. The Morgan fingerprint density at radius 2 is 1.72 bits per heavy atom. The minimum Gasteiger partial charge on any atom is -0.454 e. The van der Waals surface area contributed by atoms with Gasteiger partial charge in [0.05, 0.1) is 6.10 Å². The molecule has 0 saturated heterocycles. The topological polar surface area (TPSA) is 48.0 Å². The largest absolute Gasteiger partial charge is 0.454 e. The van der Waals surface area contributed by atoms with Crippen molar-refractivity contribution in [3.63, 3.8) is 0 Å². The number of ether oxygens (including phenoxy) is 3. The number of rotatable bonds is 4. The predicted octanol–water partition coefficient (Wildman–Crippen LogP) is 5.27. The van der Waals surface area contributed by atoms with Crippen LogP contribution in [0.4, 0.5) is 4.79 Å². The molecule has 2 rings (SSSR count). The zero-order valence-electron chi connectivity index (χ0n) is 17.1. The molecule has 1 atom stereocenters. The van der Waals surface area contributed by atoms with Gasteiger partial charge in [0.25, 0.3) is 0 Å². The van der Waals surface area contributed by atoms with Crippen molar-refractivity contribution in [2.24, 2.45) is 0 Å². The number of benzene rings is 1. The van der Waals surface area contributed by atoms with Gasteiger partial charge in [0.2, 0.25) is 6.79 Å². The summed E-state index contributed by atoms with van der Waals surface area (Å²) in [4.78, 5) is 13.4. The van der Waals surface area contributed by atoms with E-state index in [4.69, 9.17) is 14.2 Å². The summed E-state index contributed by atoms with van der Waals surface area (Å²) in [6, 6.07) is 5.89. The highest BCUT2D eigenvalue weighted by Crippen LogP contribution is 2.32. The molecule has 1 heterocycles. The fourth-order valence-corrected chi connectivity index (χ4v) is 2.01. The third-order valence-corrected chi connectivity index (χ3v) is 3.25. The zero-order valence-corrected chi connectivity index (χ0v) is 17.1. The molecule has 144 valence electrons. The lowest BCUT2D eigenvalue weighted by Gasteiger charge is -2.25. The Bertz CT molecular complexity index is 502. The summed E-state index contributed by atoms with van der Waals surface area (Å²) in [6.45, 7) is 14.2. The number of carbonyl (C=O) groups is 1. The first-order chi connectivity index (χ1) is 11.9. The highest BCUT2D eigenvalue weighted by molar-refractivity contribution is 5.67. The Morgan fingerprint density at radius 3 is 2.28 bits per heavy atom. The number of likely N-dealkylation sites (N-methyl/N-ethyl adjacent to an activating group) is 1. The van der Waals surface area contributed by atoms with Gasteiger partial charge in [-0.3, -0.25) is 0 Å². The van der Waals surface area contributed by atoms with Crippen LogP contribution in [0, 0.1) is 0 Å². The first kappa shape index (κ1) is 23.1. The fourth-order valence-electron chi connectivity index (χ4n) is 2.01. The van der Waals surface area contributed by atoms with E-state index in [0.717, 1.165) is 23.5 Å². The maximum atomic E-state index is 11.8. The fraction of sp³-hybridized carbons (Fsp3) is 0.650. The van der Waals surface area contributed by atoms with Crippen LogP contribution in [0.3, 0.4) is 0 Å². The van der Waals surface area contributed by atoms with E-state index in [1.165, 1.54) is 6.42 Å². The molecule has 25 heavy (non-hydrogen) atoms. The van der Waals surface area contributed by atoms with Crippen LogP contribution >= 0.6 is 0 Å². The molecule has 0 saturated carbocycles. The molecule has 5 heteroatoms. The van der Waals surface area contributed by atoms with E-state index in [1.807, 2.05) is 52.8 Å². The van der Waals surface area contributed by atoms with E-state index in [0.29, 0.717) is 0 Å². The van der Waals surface area contributed by atoms with Gasteiger partial charge in [0.15, 0.2) is 11.5 Å². The van der Waals surface area contributed by atoms with Crippen molar-refractivity contribution in [3.05, 3.63) is 23.8 Å². The lowest BCUT2D eigenvalue weighted by Crippen LogP contribution is -2.37. The van der Waals surface area contributed by atoms with Gasteiger partial charge in [-0.2, -0.15) is 0 Å². The molecule has 1 amide bonds. The molecule has 0 fully saturated rings. The minimum atomic E-state index is -0.298. The van der Waals surface area contributed by atoms with E-state index in [-0.39, 0.29) is 25.0 Å². The van der Waals surface area contributed by atoms with Crippen molar-refractivity contribution in [1.82, 2.24) is 4.90 Å². The van der Waals surface area contributed by atoms with Crippen molar-refractivity contribution < 1.29 is 19.0 Å². The summed E-state index contributed by atoms with van der Waals surface area (Å²) in [5.41, 5.74) is 1.10. The number of hydrogen-bond donors (Lipinski definition) is 0. The molecular weight excluding hydrogens is 318 g/mol. The summed E-state index contributed by atoms with van der Waals surface area (Å²) >= 11 is 0. The molecule has 0 radical (unpaired) electrons. The lowest BCUT2D eigenvalue weighted by molar-refractivity contribution is 0.0745. The molecule has 0 spiro atoms. The minimum absolute atomic E-state index is 0.0432. The summed E-state index contributed by atoms with van der Waals surface area (Å²) in [5, 5.41) is 0. The molecule has 0 aliphatic carbocycles. The Balaban J connectivity index is 0.00000104. The molecule has 0 bridgehead atoms. The van der Waals surface area contributed by atoms with Crippen molar-refractivity contribution in [2.75, 3.05) is 13.8 Å². The Kier molecular flexibility index (Phi) is 11.5. The average Bonchev–Trinajstić information content (AvgIpc) is 3.03. The van der Waals surface area contributed by atoms with Crippen molar-refractivity contribution >= 4 is 6.09 Å². The molecule has 1 aliphatic heterocycles. The monoisotopic (exact) mass is 353 g/mol. The Hall–Kier alpha value is -1.91. The second-order valence-electron chi connectivity index (χ2n) is 5.99. The van der Waals surface area contributed by atoms with Crippen LogP contribution < -0.4 is 9.47 Å². The van der Waals surface area contributed by atoms with Crippen molar-refractivity contribution in [1.29, 1.82) is 0 Å². The second kappa shape index (κ2) is 12.5. The predicted molar refractivity (Wildman–Crippen MR) is 102 cm³/mol. The van der Waals surface area contributed by atoms with Crippen LogP contribution in [-0.4, -0.2) is 37.0 Å².